The molecule has 0 aromatic carbocycles. The molecule has 96 valence electrons. The van der Waals surface area contributed by atoms with Crippen molar-refractivity contribution in [2.75, 3.05) is 6.61 Å². The van der Waals surface area contributed by atoms with Crippen molar-refractivity contribution in [3.05, 3.63) is 0 Å². The Morgan fingerprint density at radius 3 is 2.12 bits per heavy atom. The van der Waals surface area contributed by atoms with E-state index in [1.165, 1.54) is 4.72 Å². The lowest BCUT2D eigenvalue weighted by atomic mass is 10.0. The van der Waals surface area contributed by atoms with Crippen molar-refractivity contribution >= 4 is 29.2 Å². The van der Waals surface area contributed by atoms with Crippen LogP contribution in [0.3, 0.4) is 0 Å². The summed E-state index contributed by atoms with van der Waals surface area (Å²) in [6, 6.07) is -1.73. The van der Waals surface area contributed by atoms with Gasteiger partial charge in [-0.1, -0.05) is 0 Å². The van der Waals surface area contributed by atoms with E-state index < -0.39 is 40.4 Å². The van der Waals surface area contributed by atoms with Gasteiger partial charge in [0.2, 0.25) is 0 Å². The topological polar surface area (TPSA) is 144 Å². The first kappa shape index (κ1) is 15.8. The molecule has 0 aliphatic rings. The van der Waals surface area contributed by atoms with Gasteiger partial charge < -0.3 is 20.1 Å². The van der Waals surface area contributed by atoms with E-state index in [0.717, 1.165) is 0 Å². The lowest BCUT2D eigenvalue weighted by Crippen LogP contribution is -2.52. The van der Waals surface area contributed by atoms with Crippen molar-refractivity contribution < 1.29 is 33.1 Å². The molecule has 4 atom stereocenters. The van der Waals surface area contributed by atoms with Crippen LogP contribution in [-0.4, -0.2) is 64.7 Å². The zero-order valence-electron chi connectivity index (χ0n) is 7.96. The zero-order chi connectivity index (χ0) is 12.9. The van der Waals surface area contributed by atoms with E-state index in [0.29, 0.717) is 0 Å². The summed E-state index contributed by atoms with van der Waals surface area (Å²) in [5, 5.41) is 26.2. The highest BCUT2D eigenvalue weighted by molar-refractivity contribution is 7.83. The number of aldehydes is 1. The molecule has 0 bridgehead atoms. The normalized spacial score (nSPS) is 19.8. The first-order valence-corrected chi connectivity index (χ1v) is 6.03. The van der Waals surface area contributed by atoms with Gasteiger partial charge in [-0.2, -0.15) is 25.8 Å². The van der Waals surface area contributed by atoms with Crippen molar-refractivity contribution in [3.8, 4) is 0 Å². The maximum atomic E-state index is 10.4. The van der Waals surface area contributed by atoms with E-state index >= 15 is 0 Å². The molecule has 0 aliphatic heterocycles. The zero-order valence-corrected chi connectivity index (χ0v) is 9.67. The number of rotatable bonds is 7. The van der Waals surface area contributed by atoms with Gasteiger partial charge in [0.15, 0.2) is 0 Å². The van der Waals surface area contributed by atoms with Gasteiger partial charge in [-0.3, -0.25) is 4.55 Å². The molecular formula is C6H13NO7S2. The predicted octanol–water partition coefficient (Wildman–Crippen LogP) is -3.04. The molecule has 0 aliphatic carbocycles. The maximum absolute atomic E-state index is 10.4. The molecule has 0 unspecified atom stereocenters. The van der Waals surface area contributed by atoms with Crippen molar-refractivity contribution in [2.45, 2.75) is 23.5 Å². The molecule has 0 saturated heterocycles. The lowest BCUT2D eigenvalue weighted by molar-refractivity contribution is -0.114. The summed E-state index contributed by atoms with van der Waals surface area (Å²) in [5.74, 6) is 0. The molecule has 0 heterocycles. The van der Waals surface area contributed by atoms with E-state index in [-0.39, 0.29) is 6.29 Å². The standard InChI is InChI=1S/C6H13NO7S2/c8-1-3(7-16(12,13)14)5(10)6(11)4(15)2-9/h1,3-7,9-11,15H,2H2,(H,12,13,14)/t3-,4+,5-,6-/m1/s1. The summed E-state index contributed by atoms with van der Waals surface area (Å²) in [6.45, 7) is -0.585. The second-order valence-electron chi connectivity index (χ2n) is 2.99. The van der Waals surface area contributed by atoms with Crippen molar-refractivity contribution in [1.29, 1.82) is 0 Å². The van der Waals surface area contributed by atoms with Gasteiger partial charge >= 0.3 is 10.3 Å². The van der Waals surface area contributed by atoms with Crippen LogP contribution in [0.2, 0.25) is 0 Å². The summed E-state index contributed by atoms with van der Waals surface area (Å²) in [7, 11) is -4.69. The van der Waals surface area contributed by atoms with Gasteiger partial charge in [0, 0.05) is 0 Å². The van der Waals surface area contributed by atoms with Crippen molar-refractivity contribution in [2.24, 2.45) is 0 Å². The molecule has 10 heteroatoms. The van der Waals surface area contributed by atoms with Crippen LogP contribution in [-0.2, 0) is 15.1 Å². The Balaban J connectivity index is 4.65. The third-order valence-corrected chi connectivity index (χ3v) is 2.77. The average molecular weight is 275 g/mol. The number of thiol groups is 1. The van der Waals surface area contributed by atoms with Crippen LogP contribution in [0.15, 0.2) is 0 Å². The summed E-state index contributed by atoms with van der Waals surface area (Å²) in [5.41, 5.74) is 0. The summed E-state index contributed by atoms with van der Waals surface area (Å²) in [4.78, 5) is 10.4. The highest BCUT2D eigenvalue weighted by Gasteiger charge is 2.32. The van der Waals surface area contributed by atoms with E-state index in [9.17, 15) is 23.4 Å². The number of hydrogen-bond donors (Lipinski definition) is 6. The molecule has 0 saturated carbocycles. The minimum atomic E-state index is -4.69. The largest absolute Gasteiger partial charge is 0.395 e. The lowest BCUT2D eigenvalue weighted by Gasteiger charge is -2.25. The number of aliphatic hydroxyl groups excluding tert-OH is 3. The molecular weight excluding hydrogens is 262 g/mol. The third-order valence-electron chi connectivity index (χ3n) is 1.73. The first-order chi connectivity index (χ1) is 7.22. The molecule has 0 fully saturated rings. The second-order valence-corrected chi connectivity index (χ2v) is 4.84. The first-order valence-electron chi connectivity index (χ1n) is 4.08. The highest BCUT2D eigenvalue weighted by atomic mass is 32.2. The quantitative estimate of drug-likeness (QED) is 0.165. The SMILES string of the molecule is O=C[C@@H](NS(=O)(=O)O)[C@@H](O)[C@H](O)[C@@H](S)CO. The van der Waals surface area contributed by atoms with E-state index in [1.807, 2.05) is 0 Å². The average Bonchev–Trinajstić information content (AvgIpc) is 2.21. The van der Waals surface area contributed by atoms with Crippen molar-refractivity contribution in [1.82, 2.24) is 4.72 Å². The van der Waals surface area contributed by atoms with Crippen LogP contribution in [0.1, 0.15) is 0 Å². The van der Waals surface area contributed by atoms with Crippen molar-refractivity contribution in [3.63, 3.8) is 0 Å². The smallest absolute Gasteiger partial charge is 0.334 e. The highest BCUT2D eigenvalue weighted by Crippen LogP contribution is 2.09. The Labute approximate surface area is 97.6 Å². The van der Waals surface area contributed by atoms with Crippen LogP contribution < -0.4 is 4.72 Å². The third kappa shape index (κ3) is 5.21. The summed E-state index contributed by atoms with van der Waals surface area (Å²) >= 11 is 3.69. The van der Waals surface area contributed by atoms with Crippen LogP contribution in [0.25, 0.3) is 0 Å². The van der Waals surface area contributed by atoms with E-state index in [2.05, 4.69) is 12.6 Å². The van der Waals surface area contributed by atoms with Gasteiger partial charge in [-0.15, -0.1) is 0 Å². The minimum Gasteiger partial charge on any atom is -0.395 e. The van der Waals surface area contributed by atoms with Gasteiger partial charge in [-0.05, 0) is 0 Å². The number of aliphatic hydroxyl groups is 3. The fourth-order valence-electron chi connectivity index (χ4n) is 0.898. The van der Waals surface area contributed by atoms with Gasteiger partial charge in [0.25, 0.3) is 0 Å². The van der Waals surface area contributed by atoms with Gasteiger partial charge in [0.05, 0.1) is 18.0 Å². The molecule has 0 rings (SSSR count). The predicted molar refractivity (Wildman–Crippen MR) is 56.4 cm³/mol. The molecule has 0 spiro atoms. The molecule has 8 nitrogen and oxygen atoms in total. The Bertz CT molecular complexity index is 319. The number of nitrogens with one attached hydrogen (secondary N) is 1. The summed E-state index contributed by atoms with van der Waals surface area (Å²) < 4.78 is 30.6. The number of carbonyl (C=O) groups is 1. The molecule has 0 aromatic heterocycles. The van der Waals surface area contributed by atoms with E-state index in [4.69, 9.17) is 9.66 Å². The van der Waals surface area contributed by atoms with E-state index in [1.54, 1.807) is 0 Å². The molecule has 5 N–H and O–H groups in total. The minimum absolute atomic E-state index is 0.000468. The Kier molecular flexibility index (Phi) is 6.40. The van der Waals surface area contributed by atoms with Gasteiger partial charge in [0.1, 0.15) is 18.4 Å². The number of hydrogen-bond acceptors (Lipinski definition) is 7. The molecule has 0 amide bonds. The van der Waals surface area contributed by atoms with Crippen LogP contribution in [0.4, 0.5) is 0 Å². The number of carbonyl (C=O) groups excluding carboxylic acids is 1. The fourth-order valence-corrected chi connectivity index (χ4v) is 1.61. The maximum Gasteiger partial charge on any atom is 0.334 e. The Morgan fingerprint density at radius 1 is 1.31 bits per heavy atom. The molecule has 16 heavy (non-hydrogen) atoms. The van der Waals surface area contributed by atoms with Crippen LogP contribution >= 0.6 is 12.6 Å². The van der Waals surface area contributed by atoms with Crippen LogP contribution in [0, 0.1) is 0 Å². The Hall–Kier alpha value is -0.230. The monoisotopic (exact) mass is 275 g/mol. The second kappa shape index (κ2) is 6.49. The Morgan fingerprint density at radius 2 is 1.81 bits per heavy atom. The summed E-state index contributed by atoms with van der Waals surface area (Å²) in [6.07, 6.45) is -3.48. The molecule has 0 aromatic rings. The van der Waals surface area contributed by atoms with Gasteiger partial charge in [-0.25, -0.2) is 0 Å². The fraction of sp³-hybridized carbons (Fsp3) is 0.833. The molecule has 0 radical (unpaired) electrons. The van der Waals surface area contributed by atoms with Crippen LogP contribution in [0.5, 0.6) is 0 Å².